The van der Waals surface area contributed by atoms with Crippen molar-refractivity contribution in [1.82, 2.24) is 10.2 Å². The van der Waals surface area contributed by atoms with Gasteiger partial charge in [0.1, 0.15) is 0 Å². The highest BCUT2D eigenvalue weighted by molar-refractivity contribution is 5.87. The summed E-state index contributed by atoms with van der Waals surface area (Å²) in [5.41, 5.74) is 0.416. The Morgan fingerprint density at radius 1 is 1.09 bits per heavy atom. The second-order valence-electron chi connectivity index (χ2n) is 8.63. The minimum atomic E-state index is -4.40. The number of hydrogen-bond acceptors (Lipinski definition) is 3. The van der Waals surface area contributed by atoms with Crippen LogP contribution in [0.1, 0.15) is 59.2 Å². The van der Waals surface area contributed by atoms with E-state index in [9.17, 15) is 22.8 Å². The molecule has 32 heavy (non-hydrogen) atoms. The maximum atomic E-state index is 13.2. The van der Waals surface area contributed by atoms with Gasteiger partial charge in [-0.25, -0.2) is 4.79 Å². The molecule has 170 valence electrons. The number of likely N-dealkylation sites (tertiary alicyclic amines) is 1. The number of amides is 1. The van der Waals surface area contributed by atoms with E-state index in [0.717, 1.165) is 43.4 Å². The summed E-state index contributed by atoms with van der Waals surface area (Å²) in [4.78, 5) is 26.2. The molecule has 0 aromatic heterocycles. The Kier molecular flexibility index (Phi) is 5.99. The van der Waals surface area contributed by atoms with Crippen molar-refractivity contribution in [2.45, 2.75) is 56.4 Å². The largest absolute Gasteiger partial charge is 0.478 e. The number of halogens is 3. The van der Waals surface area contributed by atoms with Crippen molar-refractivity contribution in [3.8, 4) is 0 Å². The van der Waals surface area contributed by atoms with Gasteiger partial charge in [0, 0.05) is 6.54 Å². The summed E-state index contributed by atoms with van der Waals surface area (Å²) in [6.07, 6.45) is -0.429. The molecule has 2 fully saturated rings. The number of rotatable bonds is 6. The summed E-state index contributed by atoms with van der Waals surface area (Å²) in [5.74, 6) is -1.13. The van der Waals surface area contributed by atoms with E-state index in [1.54, 1.807) is 18.2 Å². The molecule has 5 nitrogen and oxygen atoms in total. The van der Waals surface area contributed by atoms with Crippen LogP contribution in [0, 0.1) is 0 Å². The molecular formula is C24H25F3N2O3. The third-order valence-electron chi connectivity index (χ3n) is 6.35. The number of piperidine rings is 1. The van der Waals surface area contributed by atoms with Crippen LogP contribution in [-0.4, -0.2) is 34.5 Å². The molecule has 1 atom stereocenters. The van der Waals surface area contributed by atoms with Crippen LogP contribution in [0.25, 0.3) is 0 Å². The van der Waals surface area contributed by atoms with Crippen molar-refractivity contribution >= 4 is 11.9 Å². The van der Waals surface area contributed by atoms with Crippen LogP contribution in [-0.2, 0) is 23.1 Å². The van der Waals surface area contributed by atoms with Gasteiger partial charge in [-0.1, -0.05) is 36.8 Å². The minimum Gasteiger partial charge on any atom is -0.478 e. The number of hydrogen-bond donors (Lipinski definition) is 2. The fourth-order valence-electron chi connectivity index (χ4n) is 4.42. The van der Waals surface area contributed by atoms with E-state index in [-0.39, 0.29) is 18.0 Å². The van der Waals surface area contributed by atoms with Gasteiger partial charge >= 0.3 is 12.1 Å². The normalized spacial score (nSPS) is 20.5. The fourth-order valence-corrected chi connectivity index (χ4v) is 4.42. The lowest BCUT2D eigenvalue weighted by Crippen LogP contribution is -2.51. The third kappa shape index (κ3) is 4.80. The van der Waals surface area contributed by atoms with Crippen molar-refractivity contribution in [3.05, 3.63) is 70.8 Å². The number of carboxylic acid groups (broad SMARTS) is 1. The molecule has 2 N–H and O–H groups in total. The highest BCUT2D eigenvalue weighted by Gasteiger charge is 2.47. The summed E-state index contributed by atoms with van der Waals surface area (Å²) in [7, 11) is 0. The number of aromatic carboxylic acids is 1. The van der Waals surface area contributed by atoms with Crippen LogP contribution in [0.5, 0.6) is 0 Å². The predicted molar refractivity (Wildman–Crippen MR) is 112 cm³/mol. The summed E-state index contributed by atoms with van der Waals surface area (Å²) in [6.45, 7) is 0.928. The molecule has 0 bridgehead atoms. The zero-order valence-electron chi connectivity index (χ0n) is 17.5. The monoisotopic (exact) mass is 446 g/mol. The molecule has 2 aromatic rings. The van der Waals surface area contributed by atoms with Crippen LogP contribution < -0.4 is 5.32 Å². The number of benzene rings is 2. The van der Waals surface area contributed by atoms with Crippen LogP contribution >= 0.6 is 0 Å². The molecule has 2 aromatic carbocycles. The van der Waals surface area contributed by atoms with Gasteiger partial charge in [-0.15, -0.1) is 0 Å². The average molecular weight is 446 g/mol. The van der Waals surface area contributed by atoms with Crippen molar-refractivity contribution < 1.29 is 27.9 Å². The first kappa shape index (κ1) is 22.3. The van der Waals surface area contributed by atoms with E-state index in [4.69, 9.17) is 5.11 Å². The van der Waals surface area contributed by atoms with Crippen LogP contribution in [0.15, 0.2) is 48.5 Å². The molecule has 8 heteroatoms. The summed E-state index contributed by atoms with van der Waals surface area (Å²) < 4.78 is 39.2. The van der Waals surface area contributed by atoms with Gasteiger partial charge in [0.25, 0.3) is 0 Å². The molecule has 1 amide bonds. The van der Waals surface area contributed by atoms with E-state index in [1.165, 1.54) is 18.2 Å². The summed E-state index contributed by atoms with van der Waals surface area (Å²) in [5, 5.41) is 12.2. The molecule has 1 aliphatic carbocycles. The molecule has 1 saturated heterocycles. The summed E-state index contributed by atoms with van der Waals surface area (Å²) in [6, 6.07) is 11.4. The second-order valence-corrected chi connectivity index (χ2v) is 8.63. The van der Waals surface area contributed by atoms with E-state index in [2.05, 4.69) is 5.32 Å². The Morgan fingerprint density at radius 3 is 2.44 bits per heavy atom. The Balaban J connectivity index is 1.47. The van der Waals surface area contributed by atoms with E-state index >= 15 is 0 Å². The van der Waals surface area contributed by atoms with Gasteiger partial charge in [-0.2, -0.15) is 13.2 Å². The molecular weight excluding hydrogens is 421 g/mol. The average Bonchev–Trinajstić information content (AvgIpc) is 3.54. The van der Waals surface area contributed by atoms with Gasteiger partial charge in [0.05, 0.1) is 22.7 Å². The number of carbonyl (C=O) groups excluding carboxylic acids is 1. The molecule has 1 aliphatic heterocycles. The third-order valence-corrected chi connectivity index (χ3v) is 6.35. The number of carboxylic acids is 1. The molecule has 1 saturated carbocycles. The molecule has 0 spiro atoms. The van der Waals surface area contributed by atoms with Crippen molar-refractivity contribution in [2.24, 2.45) is 0 Å². The number of nitrogens with zero attached hydrogens (tertiary/aromatic N) is 1. The second kappa shape index (κ2) is 8.58. The Hall–Kier alpha value is -2.87. The van der Waals surface area contributed by atoms with E-state index in [1.807, 2.05) is 4.90 Å². The lowest BCUT2D eigenvalue weighted by atomic mass is 9.98. The first-order chi connectivity index (χ1) is 15.2. The zero-order valence-corrected chi connectivity index (χ0v) is 17.5. The van der Waals surface area contributed by atoms with Gasteiger partial charge in [0.15, 0.2) is 0 Å². The first-order valence-corrected chi connectivity index (χ1v) is 10.7. The smallest absolute Gasteiger partial charge is 0.416 e. The minimum absolute atomic E-state index is 0.128. The first-order valence-electron chi connectivity index (χ1n) is 10.7. The van der Waals surface area contributed by atoms with Crippen LogP contribution in [0.3, 0.4) is 0 Å². The molecule has 1 unspecified atom stereocenters. The quantitative estimate of drug-likeness (QED) is 0.683. The van der Waals surface area contributed by atoms with E-state index in [0.29, 0.717) is 18.5 Å². The number of nitrogens with one attached hydrogen (secondary N) is 1. The van der Waals surface area contributed by atoms with Crippen molar-refractivity contribution in [3.63, 3.8) is 0 Å². The van der Waals surface area contributed by atoms with Crippen LogP contribution in [0.4, 0.5) is 13.2 Å². The Labute approximate surface area is 184 Å². The molecule has 4 rings (SSSR count). The number of alkyl halides is 3. The Morgan fingerprint density at radius 2 is 1.81 bits per heavy atom. The lowest BCUT2D eigenvalue weighted by molar-refractivity contribution is -0.137. The van der Waals surface area contributed by atoms with Gasteiger partial charge < -0.3 is 10.4 Å². The topological polar surface area (TPSA) is 69.6 Å². The highest BCUT2D eigenvalue weighted by Crippen LogP contribution is 2.45. The van der Waals surface area contributed by atoms with Gasteiger partial charge in [-0.3, -0.25) is 9.69 Å². The summed E-state index contributed by atoms with van der Waals surface area (Å²) >= 11 is 0. The standard InChI is InChI=1S/C24H25F3N2O3/c25-24(26,27)19-5-3-4-16(14-19)15-29-13-2-1-6-20(29)21(30)28-23(11-12-23)18-9-7-17(8-10-18)22(31)32/h3-5,7-10,14,20H,1-2,6,11-13,15H2,(H,28,30)(H,31,32). The predicted octanol–water partition coefficient (Wildman–Crippen LogP) is 4.56. The maximum Gasteiger partial charge on any atom is 0.416 e. The zero-order chi connectivity index (χ0) is 22.9. The SMILES string of the molecule is O=C(O)c1ccc(C2(NC(=O)C3CCCCN3Cc3cccc(C(F)(F)F)c3)CC2)cc1. The molecule has 1 heterocycles. The van der Waals surface area contributed by atoms with Gasteiger partial charge in [-0.05, 0) is 61.6 Å². The van der Waals surface area contributed by atoms with Crippen LogP contribution in [0.2, 0.25) is 0 Å². The highest BCUT2D eigenvalue weighted by atomic mass is 19.4. The Bertz CT molecular complexity index is 1000. The van der Waals surface area contributed by atoms with Gasteiger partial charge in [0.2, 0.25) is 5.91 Å². The molecule has 0 radical (unpaired) electrons. The van der Waals surface area contributed by atoms with E-state index < -0.39 is 29.3 Å². The van der Waals surface area contributed by atoms with Crippen molar-refractivity contribution in [1.29, 1.82) is 0 Å². The van der Waals surface area contributed by atoms with Crippen molar-refractivity contribution in [2.75, 3.05) is 6.54 Å². The molecule has 2 aliphatic rings. The fraction of sp³-hybridized carbons (Fsp3) is 0.417. The maximum absolute atomic E-state index is 13.2. The lowest BCUT2D eigenvalue weighted by Gasteiger charge is -2.36. The number of carbonyl (C=O) groups is 2.